The zero-order valence-corrected chi connectivity index (χ0v) is 17.1. The zero-order chi connectivity index (χ0) is 22.7. The lowest BCUT2D eigenvalue weighted by Crippen LogP contribution is -2.35. The number of hydrogen-bond donors (Lipinski definition) is 1. The lowest BCUT2D eigenvalue weighted by atomic mass is 10.1. The van der Waals surface area contributed by atoms with Gasteiger partial charge < -0.3 is 9.47 Å². The van der Waals surface area contributed by atoms with Crippen LogP contribution in [0.5, 0.6) is 5.75 Å². The number of carbonyl (C=O) groups excluding carboxylic acids is 3. The Bertz CT molecular complexity index is 1100. The maximum atomic E-state index is 12.8. The van der Waals surface area contributed by atoms with E-state index in [9.17, 15) is 24.5 Å². The molecule has 0 bridgehead atoms. The maximum Gasteiger partial charge on any atom is 0.346 e. The Hall–Kier alpha value is -3.92. The first-order valence-electron chi connectivity index (χ1n) is 8.87. The Kier molecular flexibility index (Phi) is 6.21. The molecule has 2 aromatic carbocycles. The van der Waals surface area contributed by atoms with Gasteiger partial charge in [-0.2, -0.15) is 0 Å². The number of hydrazine groups is 1. The molecule has 1 heterocycles. The second-order valence-electron chi connectivity index (χ2n) is 6.36. The minimum absolute atomic E-state index is 0.0247. The SMILES string of the molecule is COC(=O)[C@H](C)Oc1c(/C=C2/C(=O)NN(c3ccccc3)C2=O)cc(Cl)cc1[N+](=O)[O-]. The van der Waals surface area contributed by atoms with E-state index >= 15 is 0 Å². The van der Waals surface area contributed by atoms with Crippen molar-refractivity contribution in [3.8, 4) is 5.75 Å². The van der Waals surface area contributed by atoms with E-state index in [1.807, 2.05) is 0 Å². The topological polar surface area (TPSA) is 128 Å². The molecule has 0 aliphatic carbocycles. The summed E-state index contributed by atoms with van der Waals surface area (Å²) in [5, 5.41) is 12.5. The number of amides is 2. The fourth-order valence-corrected chi connectivity index (χ4v) is 3.05. The van der Waals surface area contributed by atoms with Crippen LogP contribution in [0.15, 0.2) is 48.0 Å². The van der Waals surface area contributed by atoms with Gasteiger partial charge in [-0.15, -0.1) is 0 Å². The summed E-state index contributed by atoms with van der Waals surface area (Å²) < 4.78 is 10.0. The summed E-state index contributed by atoms with van der Waals surface area (Å²) in [5.41, 5.74) is 1.99. The van der Waals surface area contributed by atoms with Gasteiger partial charge in [-0.3, -0.25) is 25.1 Å². The molecule has 1 N–H and O–H groups in total. The van der Waals surface area contributed by atoms with Gasteiger partial charge in [0, 0.05) is 16.7 Å². The van der Waals surface area contributed by atoms with Crippen molar-refractivity contribution in [2.45, 2.75) is 13.0 Å². The molecule has 3 rings (SSSR count). The molecular formula is C20H16ClN3O7. The first kappa shape index (κ1) is 21.8. The third-order valence-electron chi connectivity index (χ3n) is 4.29. The molecule has 0 unspecified atom stereocenters. The molecule has 2 aromatic rings. The number of carbonyl (C=O) groups is 3. The van der Waals surface area contributed by atoms with Crippen molar-refractivity contribution < 1.29 is 28.8 Å². The number of rotatable bonds is 6. The maximum absolute atomic E-state index is 12.8. The average Bonchev–Trinajstić information content (AvgIpc) is 3.03. The number of nitrogens with zero attached hydrogens (tertiary/aromatic N) is 2. The molecule has 1 aliphatic rings. The number of para-hydroxylation sites is 1. The number of nitrogens with one attached hydrogen (secondary N) is 1. The predicted molar refractivity (Wildman–Crippen MR) is 110 cm³/mol. The minimum Gasteiger partial charge on any atom is -0.471 e. The summed E-state index contributed by atoms with van der Waals surface area (Å²) in [6, 6.07) is 10.7. The highest BCUT2D eigenvalue weighted by atomic mass is 35.5. The van der Waals surface area contributed by atoms with E-state index in [0.717, 1.165) is 24.3 Å². The van der Waals surface area contributed by atoms with Crippen LogP contribution < -0.4 is 15.2 Å². The first-order chi connectivity index (χ1) is 14.7. The Morgan fingerprint density at radius 1 is 1.26 bits per heavy atom. The summed E-state index contributed by atoms with van der Waals surface area (Å²) >= 11 is 6.00. The molecule has 1 saturated heterocycles. The summed E-state index contributed by atoms with van der Waals surface area (Å²) in [5.74, 6) is -2.50. The Morgan fingerprint density at radius 3 is 2.55 bits per heavy atom. The van der Waals surface area contributed by atoms with Gasteiger partial charge in [-0.05, 0) is 31.2 Å². The van der Waals surface area contributed by atoms with Crippen molar-refractivity contribution in [2.24, 2.45) is 0 Å². The van der Waals surface area contributed by atoms with E-state index in [1.54, 1.807) is 30.3 Å². The molecular weight excluding hydrogens is 430 g/mol. The molecule has 1 aliphatic heterocycles. The van der Waals surface area contributed by atoms with E-state index in [1.165, 1.54) is 13.0 Å². The fourth-order valence-electron chi connectivity index (χ4n) is 2.83. The number of ether oxygens (including phenoxy) is 2. The van der Waals surface area contributed by atoms with E-state index in [2.05, 4.69) is 10.2 Å². The van der Waals surface area contributed by atoms with Gasteiger partial charge in [0.15, 0.2) is 6.10 Å². The van der Waals surface area contributed by atoms with Crippen LogP contribution in [0.3, 0.4) is 0 Å². The average molecular weight is 446 g/mol. The highest BCUT2D eigenvalue weighted by Crippen LogP contribution is 2.37. The summed E-state index contributed by atoms with van der Waals surface area (Å²) in [6.07, 6.45) is -0.0744. The number of methoxy groups -OCH3 is 1. The molecule has 0 radical (unpaired) electrons. The van der Waals surface area contributed by atoms with Crippen molar-refractivity contribution in [3.05, 3.63) is 68.7 Å². The smallest absolute Gasteiger partial charge is 0.346 e. The Morgan fingerprint density at radius 2 is 1.94 bits per heavy atom. The highest BCUT2D eigenvalue weighted by molar-refractivity contribution is 6.32. The van der Waals surface area contributed by atoms with Crippen LogP contribution in [0.2, 0.25) is 5.02 Å². The number of anilines is 1. The molecule has 10 nitrogen and oxygen atoms in total. The van der Waals surface area contributed by atoms with E-state index in [4.69, 9.17) is 16.3 Å². The van der Waals surface area contributed by atoms with Crippen LogP contribution in [-0.4, -0.2) is 35.9 Å². The van der Waals surface area contributed by atoms with Gasteiger partial charge in [0.25, 0.3) is 11.8 Å². The number of benzene rings is 2. The predicted octanol–water partition coefficient (Wildman–Crippen LogP) is 2.65. The Labute approximate surface area is 181 Å². The van der Waals surface area contributed by atoms with Gasteiger partial charge in [0.05, 0.1) is 17.7 Å². The molecule has 0 spiro atoms. The van der Waals surface area contributed by atoms with Crippen LogP contribution in [0.25, 0.3) is 6.08 Å². The van der Waals surface area contributed by atoms with E-state index < -0.39 is 34.5 Å². The third-order valence-corrected chi connectivity index (χ3v) is 4.51. The molecule has 31 heavy (non-hydrogen) atoms. The standard InChI is InChI=1S/C20H16ClN3O7/c1-11(20(27)30-2)31-17-12(8-13(21)10-16(17)24(28)29)9-15-18(25)22-23(19(15)26)14-6-4-3-5-7-14/h3-11H,1-2H3,(H,22,25)/b15-9-/t11-/m0/s1. The van der Waals surface area contributed by atoms with Crippen molar-refractivity contribution in [3.63, 3.8) is 0 Å². The van der Waals surface area contributed by atoms with Crippen LogP contribution >= 0.6 is 11.6 Å². The number of hydrogen-bond acceptors (Lipinski definition) is 7. The normalized spacial score (nSPS) is 15.6. The third kappa shape index (κ3) is 4.48. The largest absolute Gasteiger partial charge is 0.471 e. The summed E-state index contributed by atoms with van der Waals surface area (Å²) in [4.78, 5) is 47.8. The second-order valence-corrected chi connectivity index (χ2v) is 6.80. The van der Waals surface area contributed by atoms with Crippen molar-refractivity contribution in [2.75, 3.05) is 12.1 Å². The molecule has 1 atom stereocenters. The fraction of sp³-hybridized carbons (Fsp3) is 0.150. The van der Waals surface area contributed by atoms with Crippen LogP contribution in [0.1, 0.15) is 12.5 Å². The molecule has 1 fully saturated rings. The summed E-state index contributed by atoms with van der Waals surface area (Å²) in [6.45, 7) is 1.34. The molecule has 2 amide bonds. The summed E-state index contributed by atoms with van der Waals surface area (Å²) in [7, 11) is 1.14. The zero-order valence-electron chi connectivity index (χ0n) is 16.3. The van der Waals surface area contributed by atoms with E-state index in [-0.39, 0.29) is 21.9 Å². The van der Waals surface area contributed by atoms with E-state index in [0.29, 0.717) is 5.69 Å². The second kappa shape index (κ2) is 8.84. The molecule has 0 saturated carbocycles. The molecule has 0 aromatic heterocycles. The van der Waals surface area contributed by atoms with Gasteiger partial charge in [0.1, 0.15) is 5.57 Å². The number of halogens is 1. The number of nitro benzene ring substituents is 1. The van der Waals surface area contributed by atoms with Crippen molar-refractivity contribution in [1.29, 1.82) is 0 Å². The van der Waals surface area contributed by atoms with Crippen LogP contribution in [0, 0.1) is 10.1 Å². The van der Waals surface area contributed by atoms with Gasteiger partial charge in [-0.1, -0.05) is 29.8 Å². The van der Waals surface area contributed by atoms with Crippen molar-refractivity contribution >= 4 is 46.8 Å². The lowest BCUT2D eigenvalue weighted by Gasteiger charge is -2.15. The minimum atomic E-state index is -1.20. The van der Waals surface area contributed by atoms with Crippen molar-refractivity contribution in [1.82, 2.24) is 5.43 Å². The van der Waals surface area contributed by atoms with Crippen LogP contribution in [0.4, 0.5) is 11.4 Å². The van der Waals surface area contributed by atoms with Gasteiger partial charge in [0.2, 0.25) is 5.75 Å². The van der Waals surface area contributed by atoms with Gasteiger partial charge >= 0.3 is 11.7 Å². The highest BCUT2D eigenvalue weighted by Gasteiger charge is 2.35. The molecule has 160 valence electrons. The Balaban J connectivity index is 2.08. The number of nitro groups is 1. The first-order valence-corrected chi connectivity index (χ1v) is 9.25. The molecule has 11 heteroatoms. The number of esters is 1. The van der Waals surface area contributed by atoms with Gasteiger partial charge in [-0.25, -0.2) is 9.80 Å². The lowest BCUT2D eigenvalue weighted by molar-refractivity contribution is -0.386. The quantitative estimate of drug-likeness (QED) is 0.238. The van der Waals surface area contributed by atoms with Crippen LogP contribution in [-0.2, 0) is 19.1 Å². The monoisotopic (exact) mass is 445 g/mol.